The van der Waals surface area contributed by atoms with Crippen molar-refractivity contribution in [1.82, 2.24) is 0 Å². The second-order valence-electron chi connectivity index (χ2n) is 4.22. The molecular weight excluding hydrogens is 186 g/mol. The van der Waals surface area contributed by atoms with E-state index in [0.717, 1.165) is 24.7 Å². The van der Waals surface area contributed by atoms with Crippen LogP contribution in [0, 0.1) is 17.2 Å². The standard InChI is InChI=1S/C12H15N3/c1-9-4-5-15(8-9)11-2-3-12(14)10(6-11)7-13/h2-3,6,9H,4-5,8,14H2,1H3/t9-/m0/s1. The Morgan fingerprint density at radius 1 is 1.53 bits per heavy atom. The van der Waals surface area contributed by atoms with Gasteiger partial charge in [-0.25, -0.2) is 0 Å². The predicted octanol–water partition coefficient (Wildman–Crippen LogP) is 1.99. The lowest BCUT2D eigenvalue weighted by molar-refractivity contribution is 0.659. The molecule has 1 atom stereocenters. The van der Waals surface area contributed by atoms with Gasteiger partial charge in [-0.15, -0.1) is 0 Å². The van der Waals surface area contributed by atoms with Crippen molar-refractivity contribution in [3.63, 3.8) is 0 Å². The van der Waals surface area contributed by atoms with E-state index in [1.54, 1.807) is 0 Å². The van der Waals surface area contributed by atoms with E-state index in [0.29, 0.717) is 11.3 Å². The van der Waals surface area contributed by atoms with Crippen LogP contribution >= 0.6 is 0 Å². The van der Waals surface area contributed by atoms with Gasteiger partial charge in [-0.05, 0) is 30.5 Å². The summed E-state index contributed by atoms with van der Waals surface area (Å²) in [7, 11) is 0. The van der Waals surface area contributed by atoms with Gasteiger partial charge in [0.2, 0.25) is 0 Å². The van der Waals surface area contributed by atoms with E-state index in [4.69, 9.17) is 11.0 Å². The van der Waals surface area contributed by atoms with Crippen molar-refractivity contribution < 1.29 is 0 Å². The number of hydrogen-bond donors (Lipinski definition) is 1. The van der Waals surface area contributed by atoms with Gasteiger partial charge in [0.15, 0.2) is 0 Å². The first-order valence-electron chi connectivity index (χ1n) is 5.25. The van der Waals surface area contributed by atoms with Crippen molar-refractivity contribution in [3.05, 3.63) is 23.8 Å². The Bertz CT molecular complexity index is 406. The lowest BCUT2D eigenvalue weighted by Gasteiger charge is -2.18. The van der Waals surface area contributed by atoms with Crippen molar-refractivity contribution >= 4 is 11.4 Å². The summed E-state index contributed by atoms with van der Waals surface area (Å²) < 4.78 is 0. The van der Waals surface area contributed by atoms with E-state index in [-0.39, 0.29) is 0 Å². The molecule has 0 radical (unpaired) electrons. The van der Waals surface area contributed by atoms with Crippen molar-refractivity contribution in [2.24, 2.45) is 5.92 Å². The molecule has 78 valence electrons. The van der Waals surface area contributed by atoms with E-state index in [1.807, 2.05) is 18.2 Å². The summed E-state index contributed by atoms with van der Waals surface area (Å²) in [6.45, 7) is 4.41. The quantitative estimate of drug-likeness (QED) is 0.707. The maximum absolute atomic E-state index is 8.89. The number of hydrogen-bond acceptors (Lipinski definition) is 3. The Kier molecular flexibility index (Phi) is 2.51. The molecule has 1 fully saturated rings. The fraction of sp³-hybridized carbons (Fsp3) is 0.417. The van der Waals surface area contributed by atoms with Crippen molar-refractivity contribution in [2.45, 2.75) is 13.3 Å². The number of nitrogens with zero attached hydrogens (tertiary/aromatic N) is 2. The van der Waals surface area contributed by atoms with Crippen LogP contribution in [0.15, 0.2) is 18.2 Å². The zero-order valence-corrected chi connectivity index (χ0v) is 8.90. The van der Waals surface area contributed by atoms with E-state index in [9.17, 15) is 0 Å². The second-order valence-corrected chi connectivity index (χ2v) is 4.22. The van der Waals surface area contributed by atoms with Gasteiger partial charge in [0.25, 0.3) is 0 Å². The molecule has 2 rings (SSSR count). The van der Waals surface area contributed by atoms with Crippen LogP contribution in [-0.4, -0.2) is 13.1 Å². The summed E-state index contributed by atoms with van der Waals surface area (Å²) in [6, 6.07) is 7.81. The summed E-state index contributed by atoms with van der Waals surface area (Å²) in [5, 5.41) is 8.89. The summed E-state index contributed by atoms with van der Waals surface area (Å²) in [6.07, 6.45) is 1.23. The fourth-order valence-electron chi connectivity index (χ4n) is 2.01. The Morgan fingerprint density at radius 3 is 2.93 bits per heavy atom. The normalized spacial score (nSPS) is 20.3. The van der Waals surface area contributed by atoms with Gasteiger partial charge in [0.05, 0.1) is 5.56 Å². The van der Waals surface area contributed by atoms with Crippen LogP contribution in [0.1, 0.15) is 18.9 Å². The van der Waals surface area contributed by atoms with E-state index < -0.39 is 0 Å². The molecule has 1 heterocycles. The van der Waals surface area contributed by atoms with Crippen LogP contribution in [0.2, 0.25) is 0 Å². The molecule has 0 unspecified atom stereocenters. The molecule has 15 heavy (non-hydrogen) atoms. The smallest absolute Gasteiger partial charge is 0.101 e. The maximum Gasteiger partial charge on any atom is 0.101 e. The van der Waals surface area contributed by atoms with E-state index in [1.165, 1.54) is 6.42 Å². The SMILES string of the molecule is C[C@H]1CCN(c2ccc(N)c(C#N)c2)C1. The molecule has 0 spiro atoms. The van der Waals surface area contributed by atoms with Gasteiger partial charge < -0.3 is 10.6 Å². The van der Waals surface area contributed by atoms with Crippen LogP contribution in [0.25, 0.3) is 0 Å². The molecule has 0 aliphatic carbocycles. The fourth-order valence-corrected chi connectivity index (χ4v) is 2.01. The van der Waals surface area contributed by atoms with E-state index >= 15 is 0 Å². The number of nitrogens with two attached hydrogens (primary N) is 1. The minimum absolute atomic E-state index is 0.563. The van der Waals surface area contributed by atoms with Gasteiger partial charge in [0, 0.05) is 24.5 Å². The lowest BCUT2D eigenvalue weighted by Crippen LogP contribution is -2.19. The highest BCUT2D eigenvalue weighted by molar-refractivity contribution is 5.63. The molecule has 0 bridgehead atoms. The lowest BCUT2D eigenvalue weighted by atomic mass is 10.1. The molecule has 1 saturated heterocycles. The monoisotopic (exact) mass is 201 g/mol. The first kappa shape index (κ1) is 9.85. The summed E-state index contributed by atoms with van der Waals surface area (Å²) in [5.74, 6) is 0.744. The van der Waals surface area contributed by atoms with Crippen molar-refractivity contribution in [3.8, 4) is 6.07 Å². The van der Waals surface area contributed by atoms with Crippen LogP contribution in [0.4, 0.5) is 11.4 Å². The van der Waals surface area contributed by atoms with Gasteiger partial charge in [-0.3, -0.25) is 0 Å². The third-order valence-corrected chi connectivity index (χ3v) is 2.95. The van der Waals surface area contributed by atoms with Gasteiger partial charge in [0.1, 0.15) is 6.07 Å². The maximum atomic E-state index is 8.89. The molecule has 0 saturated carbocycles. The summed E-state index contributed by atoms with van der Waals surface area (Å²) in [4.78, 5) is 2.31. The van der Waals surface area contributed by atoms with Gasteiger partial charge in [-0.1, -0.05) is 6.92 Å². The molecule has 1 aromatic rings. The predicted molar refractivity (Wildman–Crippen MR) is 61.6 cm³/mol. The number of benzene rings is 1. The van der Waals surface area contributed by atoms with Crippen LogP contribution < -0.4 is 10.6 Å². The first-order valence-corrected chi connectivity index (χ1v) is 5.25. The third kappa shape index (κ3) is 1.89. The average molecular weight is 201 g/mol. The molecule has 2 N–H and O–H groups in total. The van der Waals surface area contributed by atoms with Crippen molar-refractivity contribution in [2.75, 3.05) is 23.7 Å². The zero-order valence-electron chi connectivity index (χ0n) is 8.90. The molecule has 3 heteroatoms. The molecule has 1 aliphatic rings. The second kappa shape index (κ2) is 3.82. The molecule has 0 amide bonds. The molecule has 1 aromatic carbocycles. The average Bonchev–Trinajstić information content (AvgIpc) is 2.66. The summed E-state index contributed by atoms with van der Waals surface area (Å²) in [5.41, 5.74) is 7.94. The number of nitriles is 1. The minimum atomic E-state index is 0.563. The topological polar surface area (TPSA) is 53.0 Å². The summed E-state index contributed by atoms with van der Waals surface area (Å²) >= 11 is 0. The van der Waals surface area contributed by atoms with E-state index in [2.05, 4.69) is 17.9 Å². The number of anilines is 2. The highest BCUT2D eigenvalue weighted by Crippen LogP contribution is 2.26. The molecule has 1 aliphatic heterocycles. The Hall–Kier alpha value is -1.69. The highest BCUT2D eigenvalue weighted by atomic mass is 15.1. The largest absolute Gasteiger partial charge is 0.398 e. The zero-order chi connectivity index (χ0) is 10.8. The minimum Gasteiger partial charge on any atom is -0.398 e. The Morgan fingerprint density at radius 2 is 2.33 bits per heavy atom. The van der Waals surface area contributed by atoms with Crippen molar-refractivity contribution in [1.29, 1.82) is 5.26 Å². The van der Waals surface area contributed by atoms with Gasteiger partial charge >= 0.3 is 0 Å². The van der Waals surface area contributed by atoms with Crippen LogP contribution in [0.5, 0.6) is 0 Å². The third-order valence-electron chi connectivity index (χ3n) is 2.95. The Balaban J connectivity index is 2.26. The van der Waals surface area contributed by atoms with Gasteiger partial charge in [-0.2, -0.15) is 5.26 Å². The number of rotatable bonds is 1. The molecular formula is C12H15N3. The number of nitrogen functional groups attached to an aromatic ring is 1. The Labute approximate surface area is 90.1 Å². The van der Waals surface area contributed by atoms with Crippen LogP contribution in [-0.2, 0) is 0 Å². The molecule has 0 aromatic heterocycles. The van der Waals surface area contributed by atoms with Crippen LogP contribution in [0.3, 0.4) is 0 Å². The highest BCUT2D eigenvalue weighted by Gasteiger charge is 2.19. The molecule has 3 nitrogen and oxygen atoms in total. The first-order chi connectivity index (χ1) is 7.20.